The maximum atomic E-state index is 13.0. The van der Waals surface area contributed by atoms with Crippen molar-refractivity contribution < 1.29 is 9.13 Å². The molecule has 2 aromatic heterocycles. The highest BCUT2D eigenvalue weighted by Gasteiger charge is 2.18. The number of thioether (sulfide) groups is 1. The molecule has 3 N–H and O–H groups in total. The Labute approximate surface area is 168 Å². The Kier molecular flexibility index (Phi) is 5.17. The predicted molar refractivity (Wildman–Crippen MR) is 108 cm³/mol. The Morgan fingerprint density at radius 1 is 1.21 bits per heavy atom. The molecule has 1 unspecified atom stereocenters. The van der Waals surface area contributed by atoms with E-state index in [1.807, 2.05) is 13.0 Å². The standard InChI is InChI=1S/C19H17FN6O2S/c1-11(17-22-15-5-3-2-4-14(15)18(27)23-17)29-19-25-24-16(26(19)21)10-28-13-8-6-12(20)7-9-13/h2-9,11H,10,21H2,1H3,(H,22,23,27). The second-order valence-corrected chi connectivity index (χ2v) is 7.55. The van der Waals surface area contributed by atoms with E-state index in [2.05, 4.69) is 20.2 Å². The van der Waals surface area contributed by atoms with E-state index in [-0.39, 0.29) is 23.2 Å². The third kappa shape index (κ3) is 4.06. The molecule has 0 aliphatic rings. The molecule has 4 rings (SSSR count). The number of nitrogens with zero attached hydrogens (tertiary/aromatic N) is 4. The van der Waals surface area contributed by atoms with Crippen LogP contribution in [0, 0.1) is 5.82 Å². The van der Waals surface area contributed by atoms with Crippen LogP contribution in [-0.4, -0.2) is 24.8 Å². The van der Waals surface area contributed by atoms with Gasteiger partial charge in [-0.1, -0.05) is 23.9 Å². The van der Waals surface area contributed by atoms with Gasteiger partial charge in [0.25, 0.3) is 5.56 Å². The Morgan fingerprint density at radius 2 is 1.97 bits per heavy atom. The summed E-state index contributed by atoms with van der Waals surface area (Å²) in [5.41, 5.74) is 0.432. The molecule has 4 aromatic rings. The number of nitrogens with one attached hydrogen (secondary N) is 1. The van der Waals surface area contributed by atoms with Gasteiger partial charge in [-0.15, -0.1) is 10.2 Å². The average molecular weight is 412 g/mol. The molecule has 0 radical (unpaired) electrons. The van der Waals surface area contributed by atoms with Gasteiger partial charge in [0.05, 0.1) is 16.2 Å². The number of rotatable bonds is 6. The minimum atomic E-state index is -0.340. The van der Waals surface area contributed by atoms with Crippen LogP contribution in [0.5, 0.6) is 5.75 Å². The van der Waals surface area contributed by atoms with Gasteiger partial charge < -0.3 is 15.6 Å². The third-order valence-electron chi connectivity index (χ3n) is 4.22. The van der Waals surface area contributed by atoms with Crippen LogP contribution in [0.3, 0.4) is 0 Å². The number of ether oxygens (including phenoxy) is 1. The van der Waals surface area contributed by atoms with Crippen molar-refractivity contribution in [3.05, 3.63) is 76.4 Å². The summed E-state index contributed by atoms with van der Waals surface area (Å²) >= 11 is 1.31. The molecule has 2 aromatic carbocycles. The van der Waals surface area contributed by atoms with Gasteiger partial charge in [-0.25, -0.2) is 14.1 Å². The molecule has 0 saturated carbocycles. The van der Waals surface area contributed by atoms with Crippen molar-refractivity contribution in [3.8, 4) is 5.75 Å². The number of hydrogen-bond acceptors (Lipinski definition) is 7. The lowest BCUT2D eigenvalue weighted by atomic mass is 10.2. The molecule has 0 spiro atoms. The maximum Gasteiger partial charge on any atom is 0.258 e. The van der Waals surface area contributed by atoms with Crippen LogP contribution in [0.15, 0.2) is 58.5 Å². The number of benzene rings is 2. The van der Waals surface area contributed by atoms with E-state index in [9.17, 15) is 9.18 Å². The number of hydrogen-bond donors (Lipinski definition) is 2. The van der Waals surface area contributed by atoms with Gasteiger partial charge in [-0.05, 0) is 43.3 Å². The van der Waals surface area contributed by atoms with E-state index >= 15 is 0 Å². The van der Waals surface area contributed by atoms with Gasteiger partial charge in [0.2, 0.25) is 5.16 Å². The minimum Gasteiger partial charge on any atom is -0.486 e. The molecular formula is C19H17FN6O2S. The molecule has 0 saturated heterocycles. The van der Waals surface area contributed by atoms with Crippen LogP contribution in [0.25, 0.3) is 10.9 Å². The largest absolute Gasteiger partial charge is 0.486 e. The molecule has 29 heavy (non-hydrogen) atoms. The van der Waals surface area contributed by atoms with Crippen LogP contribution >= 0.6 is 11.8 Å². The van der Waals surface area contributed by atoms with Crippen LogP contribution in [0.1, 0.15) is 23.8 Å². The van der Waals surface area contributed by atoms with Gasteiger partial charge >= 0.3 is 0 Å². The second-order valence-electron chi connectivity index (χ2n) is 6.24. The zero-order valence-electron chi connectivity index (χ0n) is 15.4. The van der Waals surface area contributed by atoms with E-state index in [1.165, 1.54) is 40.7 Å². The number of halogens is 1. The highest BCUT2D eigenvalue weighted by Crippen LogP contribution is 2.31. The van der Waals surface area contributed by atoms with E-state index in [4.69, 9.17) is 10.6 Å². The summed E-state index contributed by atoms with van der Waals surface area (Å²) in [7, 11) is 0. The Balaban J connectivity index is 1.48. The lowest BCUT2D eigenvalue weighted by Gasteiger charge is -2.11. The highest BCUT2D eigenvalue weighted by molar-refractivity contribution is 7.99. The van der Waals surface area contributed by atoms with E-state index < -0.39 is 0 Å². The fourth-order valence-corrected chi connectivity index (χ4v) is 3.52. The summed E-state index contributed by atoms with van der Waals surface area (Å²) in [5, 5.41) is 8.89. The first-order valence-corrected chi connectivity index (χ1v) is 9.62. The van der Waals surface area contributed by atoms with Crippen molar-refractivity contribution in [2.75, 3.05) is 5.84 Å². The van der Waals surface area contributed by atoms with Crippen molar-refractivity contribution in [2.24, 2.45) is 0 Å². The number of aromatic amines is 1. The van der Waals surface area contributed by atoms with Crippen LogP contribution in [0.4, 0.5) is 4.39 Å². The van der Waals surface area contributed by atoms with E-state index in [0.29, 0.717) is 33.5 Å². The molecule has 10 heteroatoms. The van der Waals surface area contributed by atoms with Crippen LogP contribution in [-0.2, 0) is 6.61 Å². The quantitative estimate of drug-likeness (QED) is 0.370. The molecule has 0 aliphatic heterocycles. The summed E-state index contributed by atoms with van der Waals surface area (Å²) < 4.78 is 19.8. The first kappa shape index (κ1) is 18.9. The summed E-state index contributed by atoms with van der Waals surface area (Å²) in [4.78, 5) is 19.6. The molecule has 0 fully saturated rings. The zero-order valence-corrected chi connectivity index (χ0v) is 16.2. The number of para-hydroxylation sites is 1. The minimum absolute atomic E-state index is 0.0785. The van der Waals surface area contributed by atoms with Crippen molar-refractivity contribution in [2.45, 2.75) is 23.9 Å². The monoisotopic (exact) mass is 412 g/mol. The van der Waals surface area contributed by atoms with Crippen molar-refractivity contribution in [1.29, 1.82) is 0 Å². The zero-order chi connectivity index (χ0) is 20.4. The molecule has 0 bridgehead atoms. The summed E-state index contributed by atoms with van der Waals surface area (Å²) in [5.74, 6) is 7.16. The van der Waals surface area contributed by atoms with Gasteiger partial charge in [-0.3, -0.25) is 4.79 Å². The topological polar surface area (TPSA) is 112 Å². The lowest BCUT2D eigenvalue weighted by Crippen LogP contribution is -2.17. The molecule has 2 heterocycles. The first-order valence-electron chi connectivity index (χ1n) is 8.74. The molecule has 0 aliphatic carbocycles. The van der Waals surface area contributed by atoms with Gasteiger partial charge in [-0.2, -0.15) is 0 Å². The lowest BCUT2D eigenvalue weighted by molar-refractivity contribution is 0.291. The third-order valence-corrected chi connectivity index (χ3v) is 5.28. The average Bonchev–Trinajstić information content (AvgIpc) is 3.07. The fourth-order valence-electron chi connectivity index (χ4n) is 2.68. The molecule has 148 valence electrons. The van der Waals surface area contributed by atoms with Crippen LogP contribution < -0.4 is 16.1 Å². The highest BCUT2D eigenvalue weighted by atomic mass is 32.2. The fraction of sp³-hybridized carbons (Fsp3) is 0.158. The number of H-pyrrole nitrogens is 1. The SMILES string of the molecule is CC(Sc1nnc(COc2ccc(F)cc2)n1N)c1nc2ccccc2c(=O)[nH]1. The predicted octanol–water partition coefficient (Wildman–Crippen LogP) is 2.80. The van der Waals surface area contributed by atoms with Crippen LogP contribution in [0.2, 0.25) is 0 Å². The van der Waals surface area contributed by atoms with E-state index in [0.717, 1.165) is 0 Å². The summed E-state index contributed by atoms with van der Waals surface area (Å²) in [6.07, 6.45) is 0. The molecular weight excluding hydrogens is 395 g/mol. The Hall–Kier alpha value is -3.40. The second kappa shape index (κ2) is 7.92. The number of fused-ring (bicyclic) bond motifs is 1. The van der Waals surface area contributed by atoms with Crippen molar-refractivity contribution in [3.63, 3.8) is 0 Å². The summed E-state index contributed by atoms with van der Waals surface area (Å²) in [6, 6.07) is 12.8. The normalized spacial score (nSPS) is 12.2. The molecule has 0 amide bonds. The molecule has 8 nitrogen and oxygen atoms in total. The van der Waals surface area contributed by atoms with Gasteiger partial charge in [0, 0.05) is 0 Å². The number of nitrogens with two attached hydrogens (primary N) is 1. The molecule has 1 atom stereocenters. The van der Waals surface area contributed by atoms with Crippen molar-refractivity contribution >= 4 is 22.7 Å². The number of nitrogen functional groups attached to an aromatic ring is 1. The Bertz CT molecular complexity index is 1210. The maximum absolute atomic E-state index is 13.0. The van der Waals surface area contributed by atoms with Gasteiger partial charge in [0.15, 0.2) is 5.82 Å². The first-order chi connectivity index (χ1) is 14.0. The summed E-state index contributed by atoms with van der Waals surface area (Å²) in [6.45, 7) is 1.97. The smallest absolute Gasteiger partial charge is 0.258 e. The van der Waals surface area contributed by atoms with Gasteiger partial charge in [0.1, 0.15) is 24.0 Å². The van der Waals surface area contributed by atoms with Crippen molar-refractivity contribution in [1.82, 2.24) is 24.8 Å². The Morgan fingerprint density at radius 3 is 2.76 bits per heavy atom. The van der Waals surface area contributed by atoms with E-state index in [1.54, 1.807) is 18.2 Å². The number of aromatic nitrogens is 5.